The third-order valence-electron chi connectivity index (χ3n) is 2.40. The summed E-state index contributed by atoms with van der Waals surface area (Å²) >= 11 is 0. The van der Waals surface area contributed by atoms with Crippen LogP contribution in [0.2, 0.25) is 0 Å². The first-order valence-corrected chi connectivity index (χ1v) is 5.75. The molecule has 26 heavy (non-hydrogen) atoms. The van der Waals surface area contributed by atoms with Crippen LogP contribution < -0.4 is 11.3 Å². The van der Waals surface area contributed by atoms with E-state index in [0.29, 0.717) is 0 Å². The van der Waals surface area contributed by atoms with Crippen molar-refractivity contribution in [3.8, 4) is 0 Å². The van der Waals surface area contributed by atoms with Crippen molar-refractivity contribution in [2.75, 3.05) is 5.43 Å². The average molecular weight is 402 g/mol. The van der Waals surface area contributed by atoms with E-state index in [1.165, 1.54) is 0 Å². The second kappa shape index (κ2) is 7.67. The summed E-state index contributed by atoms with van der Waals surface area (Å²) in [6.45, 7) is 0. The Hall–Kier alpha value is -2.71. The number of nitrogens with two attached hydrogens (primary N) is 1. The first-order chi connectivity index (χ1) is 11.4. The highest BCUT2D eigenvalue weighted by Gasteiger charge is 2.44. The molecule has 0 bridgehead atoms. The second-order valence-corrected chi connectivity index (χ2v) is 4.19. The van der Waals surface area contributed by atoms with Crippen LogP contribution in [0.1, 0.15) is 16.7 Å². The van der Waals surface area contributed by atoms with Gasteiger partial charge in [-0.15, -0.1) is 0 Å². The summed E-state index contributed by atoms with van der Waals surface area (Å²) in [7, 11) is 0. The molecule has 1 rings (SSSR count). The Labute approximate surface area is 137 Å². The standard InChI is InChI=1S/C9H5F9N2.C2H2O4/c10-7(11,12)3-1-4(8(13,14)15)6(20-19)5(2-3)9(16,17)18;3-1(4)2(5)6/h1-2,20H,19H2;(H,3,4)(H,5,6). The minimum atomic E-state index is -5.44. The quantitative estimate of drug-likeness (QED) is 0.249. The van der Waals surface area contributed by atoms with Crippen LogP contribution in [0.15, 0.2) is 12.1 Å². The van der Waals surface area contributed by atoms with Crippen molar-refractivity contribution in [3.05, 3.63) is 28.8 Å². The first-order valence-electron chi connectivity index (χ1n) is 5.75. The van der Waals surface area contributed by atoms with Gasteiger partial charge in [0, 0.05) is 0 Å². The molecule has 0 heterocycles. The molecule has 0 aromatic heterocycles. The molecule has 0 amide bonds. The van der Waals surface area contributed by atoms with Gasteiger partial charge in [0.2, 0.25) is 0 Å². The van der Waals surface area contributed by atoms with Gasteiger partial charge in [-0.05, 0) is 12.1 Å². The largest absolute Gasteiger partial charge is 0.473 e. The molecule has 6 nitrogen and oxygen atoms in total. The summed E-state index contributed by atoms with van der Waals surface area (Å²) in [5.41, 5.74) is -6.89. The maximum absolute atomic E-state index is 12.5. The number of nitrogen functional groups attached to an aromatic ring is 1. The molecular formula is C11H7F9N2O4. The Morgan fingerprint density at radius 3 is 1.23 bits per heavy atom. The fourth-order valence-corrected chi connectivity index (χ4v) is 1.41. The summed E-state index contributed by atoms with van der Waals surface area (Å²) in [5.74, 6) is 0.925. The molecule has 0 saturated heterocycles. The number of carbonyl (C=O) groups is 2. The predicted octanol–water partition coefficient (Wildman–Crippen LogP) is 3.18. The molecule has 0 aliphatic heterocycles. The van der Waals surface area contributed by atoms with E-state index in [1.807, 2.05) is 0 Å². The van der Waals surface area contributed by atoms with E-state index in [9.17, 15) is 39.5 Å². The van der Waals surface area contributed by atoms with Crippen LogP contribution in [-0.4, -0.2) is 22.2 Å². The van der Waals surface area contributed by atoms with Gasteiger partial charge >= 0.3 is 30.5 Å². The molecular weight excluding hydrogens is 395 g/mol. The number of hydrazine groups is 1. The van der Waals surface area contributed by atoms with Gasteiger partial charge in [-0.25, -0.2) is 9.59 Å². The van der Waals surface area contributed by atoms with Crippen molar-refractivity contribution in [1.82, 2.24) is 0 Å². The highest BCUT2D eigenvalue weighted by atomic mass is 19.4. The Bertz CT molecular complexity index is 633. The molecule has 1 aromatic rings. The van der Waals surface area contributed by atoms with Gasteiger partial charge in [0.15, 0.2) is 0 Å². The summed E-state index contributed by atoms with van der Waals surface area (Å²) < 4.78 is 112. The van der Waals surface area contributed by atoms with E-state index in [4.69, 9.17) is 19.8 Å². The van der Waals surface area contributed by atoms with E-state index < -0.39 is 65.0 Å². The lowest BCUT2D eigenvalue weighted by molar-refractivity contribution is -0.159. The number of halogens is 9. The summed E-state index contributed by atoms with van der Waals surface area (Å²) in [6, 6.07) is -0.880. The monoisotopic (exact) mass is 402 g/mol. The predicted molar refractivity (Wildman–Crippen MR) is 64.5 cm³/mol. The number of carboxylic acids is 2. The zero-order valence-corrected chi connectivity index (χ0v) is 11.8. The van der Waals surface area contributed by atoms with Crippen LogP contribution in [0.3, 0.4) is 0 Å². The van der Waals surface area contributed by atoms with Crippen molar-refractivity contribution < 1.29 is 59.3 Å². The molecule has 0 spiro atoms. The van der Waals surface area contributed by atoms with E-state index in [-0.39, 0.29) is 0 Å². The number of carboxylic acid groups (broad SMARTS) is 2. The molecule has 0 atom stereocenters. The molecule has 1 aromatic carbocycles. The number of alkyl halides is 9. The number of benzene rings is 1. The summed E-state index contributed by atoms with van der Waals surface area (Å²) in [6.07, 6.45) is -16.3. The lowest BCUT2D eigenvalue weighted by Gasteiger charge is -2.20. The number of hydrogen-bond acceptors (Lipinski definition) is 4. The molecule has 0 aliphatic rings. The maximum Gasteiger partial charge on any atom is 0.418 e. The summed E-state index contributed by atoms with van der Waals surface area (Å²) in [5, 5.41) is 14.8. The average Bonchev–Trinajstić information content (AvgIpc) is 2.43. The van der Waals surface area contributed by atoms with E-state index in [2.05, 4.69) is 5.84 Å². The Morgan fingerprint density at radius 2 is 1.08 bits per heavy atom. The molecule has 0 unspecified atom stereocenters. The first kappa shape index (κ1) is 23.3. The van der Waals surface area contributed by atoms with Crippen LogP contribution in [0.5, 0.6) is 0 Å². The van der Waals surface area contributed by atoms with Crippen LogP contribution in [0.25, 0.3) is 0 Å². The molecule has 0 fully saturated rings. The molecule has 15 heteroatoms. The van der Waals surface area contributed by atoms with E-state index in [1.54, 1.807) is 0 Å². The maximum atomic E-state index is 12.5. The van der Waals surface area contributed by atoms with Crippen molar-refractivity contribution in [2.45, 2.75) is 18.5 Å². The van der Waals surface area contributed by atoms with Crippen molar-refractivity contribution in [1.29, 1.82) is 0 Å². The second-order valence-electron chi connectivity index (χ2n) is 4.19. The van der Waals surface area contributed by atoms with Gasteiger partial charge in [0.05, 0.1) is 22.4 Å². The topological polar surface area (TPSA) is 113 Å². The van der Waals surface area contributed by atoms with E-state index in [0.717, 1.165) is 5.43 Å². The third kappa shape index (κ3) is 6.30. The molecule has 148 valence electrons. The normalized spacial score (nSPS) is 12.1. The van der Waals surface area contributed by atoms with Gasteiger partial charge < -0.3 is 15.6 Å². The van der Waals surface area contributed by atoms with Crippen LogP contribution in [-0.2, 0) is 28.1 Å². The number of aliphatic carboxylic acids is 2. The van der Waals surface area contributed by atoms with Crippen molar-refractivity contribution >= 4 is 17.6 Å². The molecule has 5 N–H and O–H groups in total. The summed E-state index contributed by atoms with van der Waals surface area (Å²) in [4.78, 5) is 18.2. The lowest BCUT2D eigenvalue weighted by atomic mass is 10.0. The molecule has 0 saturated carbocycles. The molecule has 0 aliphatic carbocycles. The number of hydrogen-bond donors (Lipinski definition) is 4. The van der Waals surface area contributed by atoms with Gasteiger partial charge in [0.1, 0.15) is 0 Å². The minimum absolute atomic E-state index is 0.440. The fraction of sp³-hybridized carbons (Fsp3) is 0.273. The fourth-order valence-electron chi connectivity index (χ4n) is 1.41. The van der Waals surface area contributed by atoms with Crippen LogP contribution in [0.4, 0.5) is 45.2 Å². The zero-order valence-electron chi connectivity index (χ0n) is 11.8. The van der Waals surface area contributed by atoms with Gasteiger partial charge in [-0.2, -0.15) is 39.5 Å². The van der Waals surface area contributed by atoms with Crippen LogP contribution >= 0.6 is 0 Å². The third-order valence-corrected chi connectivity index (χ3v) is 2.40. The highest BCUT2D eigenvalue weighted by Crippen LogP contribution is 2.45. The molecule has 0 radical (unpaired) electrons. The van der Waals surface area contributed by atoms with Gasteiger partial charge in [0.25, 0.3) is 0 Å². The highest BCUT2D eigenvalue weighted by molar-refractivity contribution is 6.27. The van der Waals surface area contributed by atoms with Gasteiger partial charge in [-0.3, -0.25) is 5.84 Å². The SMILES string of the molecule is NNc1c(C(F)(F)F)cc(C(F)(F)F)cc1C(F)(F)F.O=C(O)C(=O)O. The Morgan fingerprint density at radius 1 is 0.769 bits per heavy atom. The zero-order chi connectivity index (χ0) is 21.1. The van der Waals surface area contributed by atoms with Crippen molar-refractivity contribution in [3.63, 3.8) is 0 Å². The Kier molecular flexibility index (Phi) is 6.87. The van der Waals surface area contributed by atoms with E-state index >= 15 is 0 Å². The number of anilines is 1. The lowest BCUT2D eigenvalue weighted by Crippen LogP contribution is -2.22. The smallest absolute Gasteiger partial charge is 0.418 e. The van der Waals surface area contributed by atoms with Crippen molar-refractivity contribution in [2.24, 2.45) is 5.84 Å². The Balaban J connectivity index is 0.000000896. The van der Waals surface area contributed by atoms with Crippen LogP contribution in [0, 0.1) is 0 Å². The number of nitrogens with one attached hydrogen (secondary N) is 1. The number of rotatable bonds is 1. The van der Waals surface area contributed by atoms with Gasteiger partial charge in [-0.1, -0.05) is 0 Å². The minimum Gasteiger partial charge on any atom is -0.473 e.